The van der Waals surface area contributed by atoms with E-state index in [9.17, 15) is 22.8 Å². The largest absolute Gasteiger partial charge is 0.460 e. The fraction of sp³-hybridized carbons (Fsp3) is 0.176. The van der Waals surface area contributed by atoms with Gasteiger partial charge in [0.2, 0.25) is 0 Å². The van der Waals surface area contributed by atoms with E-state index >= 15 is 0 Å². The second kappa shape index (κ2) is 10.8. The molecule has 7 nitrogen and oxygen atoms in total. The number of furan rings is 1. The lowest BCUT2D eigenvalue weighted by Gasteiger charge is -2.14. The molecule has 0 bridgehead atoms. The summed E-state index contributed by atoms with van der Waals surface area (Å²) in [6.45, 7) is 3.60. The molecule has 44 heavy (non-hydrogen) atoms. The monoisotopic (exact) mass is 598 g/mol. The van der Waals surface area contributed by atoms with Gasteiger partial charge in [-0.1, -0.05) is 48.5 Å². The van der Waals surface area contributed by atoms with Crippen LogP contribution in [0.15, 0.2) is 111 Å². The Labute approximate surface area is 250 Å². The van der Waals surface area contributed by atoms with Crippen LogP contribution in [-0.4, -0.2) is 18.7 Å². The molecule has 0 spiro atoms. The molecule has 0 unspecified atom stereocenters. The fourth-order valence-electron chi connectivity index (χ4n) is 5.78. The molecule has 0 aliphatic heterocycles. The Kier molecular flexibility index (Phi) is 7.07. The van der Waals surface area contributed by atoms with Crippen LogP contribution in [0.25, 0.3) is 22.7 Å². The average molecular weight is 599 g/mol. The summed E-state index contributed by atoms with van der Waals surface area (Å²) in [5.41, 5.74) is 1.89. The molecule has 224 valence electrons. The summed E-state index contributed by atoms with van der Waals surface area (Å²) in [6.07, 6.45) is -4.53. The van der Waals surface area contributed by atoms with Crippen molar-refractivity contribution in [2.45, 2.75) is 25.9 Å². The van der Waals surface area contributed by atoms with Crippen molar-refractivity contribution in [3.05, 3.63) is 152 Å². The number of alkyl halides is 3. The van der Waals surface area contributed by atoms with Gasteiger partial charge in [-0.3, -0.25) is 19.0 Å². The van der Waals surface area contributed by atoms with E-state index in [1.807, 2.05) is 60.7 Å². The summed E-state index contributed by atoms with van der Waals surface area (Å²) in [6, 6.07) is 26.3. The first-order valence-corrected chi connectivity index (χ1v) is 13.9. The number of halogens is 3. The molecule has 0 N–H and O–H groups in total. The number of rotatable bonds is 6. The molecule has 0 saturated heterocycles. The van der Waals surface area contributed by atoms with Gasteiger partial charge in [-0.15, -0.1) is 0 Å². The van der Waals surface area contributed by atoms with Gasteiger partial charge in [0.1, 0.15) is 11.5 Å². The van der Waals surface area contributed by atoms with Crippen molar-refractivity contribution in [2.24, 2.45) is 14.1 Å². The maximum atomic E-state index is 14.3. The summed E-state index contributed by atoms with van der Waals surface area (Å²) in [5.74, 6) is -0.513. The second-order valence-electron chi connectivity index (χ2n) is 10.7. The summed E-state index contributed by atoms with van der Waals surface area (Å²) in [4.78, 5) is 28.6. The molecule has 3 aromatic carbocycles. The van der Waals surface area contributed by atoms with E-state index in [2.05, 4.69) is 0 Å². The lowest BCUT2D eigenvalue weighted by Crippen LogP contribution is -2.26. The van der Waals surface area contributed by atoms with E-state index in [-0.39, 0.29) is 28.2 Å². The first-order valence-electron chi connectivity index (χ1n) is 13.9. The molecule has 10 heteroatoms. The highest BCUT2D eigenvalue weighted by atomic mass is 19.4. The minimum Gasteiger partial charge on any atom is -0.460 e. The number of benzene rings is 3. The molecule has 0 amide bonds. The quantitative estimate of drug-likeness (QED) is 0.213. The number of aromatic nitrogens is 4. The smallest absolute Gasteiger partial charge is 0.416 e. The Morgan fingerprint density at radius 1 is 0.659 bits per heavy atom. The van der Waals surface area contributed by atoms with Crippen LogP contribution in [0.4, 0.5) is 13.2 Å². The standard InChI is InChI=1S/C34H29F3N4O3/c1-21-29(32(42)40(38(21)3)25-14-7-5-8-15-25)31(30-22(2)39(4)41(33(30)43)26-16-9-6-10-17-26)28-19-18-27(44-28)23-12-11-13-24(20-23)34(35,36)37/h5-20,31H,1-4H3. The van der Waals surface area contributed by atoms with Crippen molar-refractivity contribution < 1.29 is 17.6 Å². The fourth-order valence-corrected chi connectivity index (χ4v) is 5.78. The zero-order chi connectivity index (χ0) is 31.3. The summed E-state index contributed by atoms with van der Waals surface area (Å²) >= 11 is 0. The zero-order valence-corrected chi connectivity index (χ0v) is 24.5. The molecule has 0 radical (unpaired) electrons. The molecular formula is C34H29F3N4O3. The van der Waals surface area contributed by atoms with Crippen LogP contribution in [0.3, 0.4) is 0 Å². The van der Waals surface area contributed by atoms with Crippen molar-refractivity contribution in [3.8, 4) is 22.7 Å². The highest BCUT2D eigenvalue weighted by Crippen LogP contribution is 2.38. The third-order valence-electron chi connectivity index (χ3n) is 8.16. The predicted octanol–water partition coefficient (Wildman–Crippen LogP) is 6.74. The Morgan fingerprint density at radius 3 is 1.64 bits per heavy atom. The Morgan fingerprint density at radius 2 is 1.16 bits per heavy atom. The van der Waals surface area contributed by atoms with Gasteiger partial charge in [0, 0.05) is 31.0 Å². The van der Waals surface area contributed by atoms with E-state index in [1.165, 1.54) is 21.5 Å². The molecule has 6 aromatic rings. The molecule has 3 aromatic heterocycles. The molecule has 6 rings (SSSR count). The van der Waals surface area contributed by atoms with E-state index in [1.54, 1.807) is 49.4 Å². The first kappa shape index (κ1) is 28.9. The Bertz CT molecular complexity index is 1990. The first-order chi connectivity index (χ1) is 21.0. The molecule has 0 saturated carbocycles. The number of hydrogen-bond acceptors (Lipinski definition) is 3. The molecule has 0 atom stereocenters. The Balaban J connectivity index is 1.61. The van der Waals surface area contributed by atoms with E-state index in [4.69, 9.17) is 4.42 Å². The number of hydrogen-bond donors (Lipinski definition) is 0. The van der Waals surface area contributed by atoms with Crippen molar-refractivity contribution in [2.75, 3.05) is 0 Å². The minimum absolute atomic E-state index is 0.185. The van der Waals surface area contributed by atoms with Gasteiger partial charge < -0.3 is 4.42 Å². The lowest BCUT2D eigenvalue weighted by atomic mass is 9.89. The van der Waals surface area contributed by atoms with E-state index in [0.29, 0.717) is 33.9 Å². The van der Waals surface area contributed by atoms with Gasteiger partial charge in [0.05, 0.1) is 34.0 Å². The molecule has 0 aliphatic rings. The van der Waals surface area contributed by atoms with Gasteiger partial charge in [-0.05, 0) is 62.4 Å². The van der Waals surface area contributed by atoms with Crippen LogP contribution in [-0.2, 0) is 20.3 Å². The summed E-state index contributed by atoms with van der Waals surface area (Å²) < 4.78 is 53.2. The highest BCUT2D eigenvalue weighted by molar-refractivity contribution is 5.60. The number of para-hydroxylation sites is 2. The Hall–Kier alpha value is -5.25. The van der Waals surface area contributed by atoms with Gasteiger partial charge in [-0.25, -0.2) is 9.36 Å². The van der Waals surface area contributed by atoms with Crippen LogP contribution in [0.2, 0.25) is 0 Å². The van der Waals surface area contributed by atoms with Crippen molar-refractivity contribution in [1.29, 1.82) is 0 Å². The van der Waals surface area contributed by atoms with Crippen LogP contribution in [0.1, 0.15) is 39.8 Å². The van der Waals surface area contributed by atoms with Crippen molar-refractivity contribution >= 4 is 0 Å². The summed E-state index contributed by atoms with van der Waals surface area (Å²) in [7, 11) is 3.53. The lowest BCUT2D eigenvalue weighted by molar-refractivity contribution is -0.137. The van der Waals surface area contributed by atoms with Gasteiger partial charge in [-0.2, -0.15) is 13.2 Å². The highest BCUT2D eigenvalue weighted by Gasteiger charge is 2.35. The average Bonchev–Trinajstić information content (AvgIpc) is 3.65. The second-order valence-corrected chi connectivity index (χ2v) is 10.7. The van der Waals surface area contributed by atoms with Crippen LogP contribution >= 0.6 is 0 Å². The van der Waals surface area contributed by atoms with E-state index < -0.39 is 17.7 Å². The van der Waals surface area contributed by atoms with Crippen molar-refractivity contribution in [1.82, 2.24) is 18.7 Å². The van der Waals surface area contributed by atoms with Crippen LogP contribution in [0.5, 0.6) is 0 Å². The van der Waals surface area contributed by atoms with E-state index in [0.717, 1.165) is 12.1 Å². The topological polar surface area (TPSA) is 67.0 Å². The van der Waals surface area contributed by atoms with Crippen LogP contribution < -0.4 is 11.1 Å². The molecular weight excluding hydrogens is 569 g/mol. The normalized spacial score (nSPS) is 11.9. The minimum atomic E-state index is -4.53. The molecule has 0 aliphatic carbocycles. The van der Waals surface area contributed by atoms with Gasteiger partial charge in [0.25, 0.3) is 11.1 Å². The third-order valence-corrected chi connectivity index (χ3v) is 8.16. The zero-order valence-electron chi connectivity index (χ0n) is 24.5. The van der Waals surface area contributed by atoms with Gasteiger partial charge >= 0.3 is 6.18 Å². The SMILES string of the molecule is Cc1c(C(c2ccc(-c3cccc(C(F)(F)F)c3)o2)c2c(C)n(C)n(-c3ccccc3)c2=O)c(=O)n(-c2ccccc2)n1C. The van der Waals surface area contributed by atoms with Gasteiger partial charge in [0.15, 0.2) is 0 Å². The molecule has 0 fully saturated rings. The van der Waals surface area contributed by atoms with Crippen molar-refractivity contribution in [3.63, 3.8) is 0 Å². The predicted molar refractivity (Wildman–Crippen MR) is 162 cm³/mol. The summed E-state index contributed by atoms with van der Waals surface area (Å²) in [5, 5.41) is 0. The number of nitrogens with zero attached hydrogens (tertiary/aromatic N) is 4. The maximum Gasteiger partial charge on any atom is 0.416 e. The van der Waals surface area contributed by atoms with Crippen LogP contribution in [0, 0.1) is 13.8 Å². The molecule has 3 heterocycles. The third kappa shape index (κ3) is 4.72. The maximum absolute atomic E-state index is 14.3.